The molecule has 20 heavy (non-hydrogen) atoms. The summed E-state index contributed by atoms with van der Waals surface area (Å²) in [6.07, 6.45) is 0.503. The van der Waals surface area contributed by atoms with E-state index in [0.29, 0.717) is 13.0 Å². The molecule has 1 aromatic carbocycles. The highest BCUT2D eigenvalue weighted by Crippen LogP contribution is 2.41. The van der Waals surface area contributed by atoms with Crippen LogP contribution in [0.3, 0.4) is 0 Å². The molecule has 0 radical (unpaired) electrons. The van der Waals surface area contributed by atoms with Crippen molar-refractivity contribution in [1.29, 1.82) is 0 Å². The van der Waals surface area contributed by atoms with Crippen molar-refractivity contribution < 1.29 is 15.0 Å². The number of hydrogen-bond donors (Lipinski definition) is 3. The molecule has 0 aliphatic carbocycles. The van der Waals surface area contributed by atoms with E-state index in [1.165, 1.54) is 0 Å². The van der Waals surface area contributed by atoms with Gasteiger partial charge in [-0.25, -0.2) is 0 Å². The first-order chi connectivity index (χ1) is 9.20. The molecule has 110 valence electrons. The van der Waals surface area contributed by atoms with Crippen LogP contribution in [0.2, 0.25) is 0 Å². The summed E-state index contributed by atoms with van der Waals surface area (Å²) in [4.78, 5) is 11.0. The summed E-state index contributed by atoms with van der Waals surface area (Å²) < 4.78 is 0.899. The van der Waals surface area contributed by atoms with Gasteiger partial charge in [0.1, 0.15) is 5.75 Å². The number of benzene rings is 1. The van der Waals surface area contributed by atoms with Gasteiger partial charge in [-0.1, -0.05) is 36.7 Å². The standard InChI is InChI=1S/C15H20BrNO3/c1-15(2,3)11-6-9(16)5-10(13(11)18)12-4-8(7-17-12)14(19)20/h5-6,8,12,17-18H,4,7H2,1-3H3,(H,19,20). The Morgan fingerprint density at radius 1 is 1.40 bits per heavy atom. The average Bonchev–Trinajstić information content (AvgIpc) is 2.79. The first-order valence-corrected chi connectivity index (χ1v) is 7.48. The lowest BCUT2D eigenvalue weighted by atomic mass is 9.84. The highest BCUT2D eigenvalue weighted by Gasteiger charge is 2.33. The van der Waals surface area contributed by atoms with Gasteiger partial charge in [0.25, 0.3) is 0 Å². The predicted octanol–water partition coefficient (Wildman–Crippen LogP) is 3.19. The predicted molar refractivity (Wildman–Crippen MR) is 81.0 cm³/mol. The smallest absolute Gasteiger partial charge is 0.307 e. The molecule has 0 amide bonds. The lowest BCUT2D eigenvalue weighted by Crippen LogP contribution is -2.18. The fourth-order valence-electron chi connectivity index (χ4n) is 2.62. The van der Waals surface area contributed by atoms with Crippen molar-refractivity contribution in [1.82, 2.24) is 5.32 Å². The van der Waals surface area contributed by atoms with Gasteiger partial charge in [0.2, 0.25) is 0 Å². The number of rotatable bonds is 2. The number of halogens is 1. The van der Waals surface area contributed by atoms with Crippen molar-refractivity contribution >= 4 is 21.9 Å². The molecule has 2 atom stereocenters. The van der Waals surface area contributed by atoms with Gasteiger partial charge in [-0.15, -0.1) is 0 Å². The number of carboxylic acids is 1. The van der Waals surface area contributed by atoms with Crippen LogP contribution in [0, 0.1) is 5.92 Å². The van der Waals surface area contributed by atoms with E-state index >= 15 is 0 Å². The Labute approximate surface area is 127 Å². The summed E-state index contributed by atoms with van der Waals surface area (Å²) in [5.74, 6) is -0.911. The normalized spacial score (nSPS) is 23.0. The lowest BCUT2D eigenvalue weighted by Gasteiger charge is -2.24. The summed E-state index contributed by atoms with van der Waals surface area (Å²) in [6.45, 7) is 6.57. The molecule has 1 saturated heterocycles. The largest absolute Gasteiger partial charge is 0.507 e. The first kappa shape index (κ1) is 15.3. The zero-order chi connectivity index (χ0) is 15.1. The molecule has 0 bridgehead atoms. The molecule has 2 rings (SSSR count). The molecule has 1 heterocycles. The molecule has 2 unspecified atom stereocenters. The summed E-state index contributed by atoms with van der Waals surface area (Å²) >= 11 is 3.48. The van der Waals surface area contributed by atoms with Crippen molar-refractivity contribution in [2.45, 2.75) is 38.6 Å². The number of phenols is 1. The summed E-state index contributed by atoms with van der Waals surface area (Å²) in [5.41, 5.74) is 1.46. The van der Waals surface area contributed by atoms with Gasteiger partial charge in [-0.2, -0.15) is 0 Å². The van der Waals surface area contributed by atoms with Crippen molar-refractivity contribution in [3.63, 3.8) is 0 Å². The lowest BCUT2D eigenvalue weighted by molar-refractivity contribution is -0.141. The minimum Gasteiger partial charge on any atom is -0.507 e. The Kier molecular flexibility index (Phi) is 4.12. The van der Waals surface area contributed by atoms with Crippen LogP contribution in [0.25, 0.3) is 0 Å². The van der Waals surface area contributed by atoms with Gasteiger partial charge in [0, 0.05) is 28.2 Å². The van der Waals surface area contributed by atoms with Crippen molar-refractivity contribution in [3.8, 4) is 5.75 Å². The molecule has 0 spiro atoms. The number of nitrogens with one attached hydrogen (secondary N) is 1. The van der Waals surface area contributed by atoms with Crippen LogP contribution in [-0.2, 0) is 10.2 Å². The zero-order valence-electron chi connectivity index (χ0n) is 11.9. The number of carbonyl (C=O) groups is 1. The maximum absolute atomic E-state index is 11.0. The van der Waals surface area contributed by atoms with Crippen LogP contribution >= 0.6 is 15.9 Å². The third-order valence-electron chi connectivity index (χ3n) is 3.77. The van der Waals surface area contributed by atoms with Crippen molar-refractivity contribution in [2.75, 3.05) is 6.54 Å². The van der Waals surface area contributed by atoms with E-state index < -0.39 is 11.9 Å². The minimum absolute atomic E-state index is 0.116. The third-order valence-corrected chi connectivity index (χ3v) is 4.23. The van der Waals surface area contributed by atoms with Gasteiger partial charge < -0.3 is 15.5 Å². The number of aliphatic carboxylic acids is 1. The van der Waals surface area contributed by atoms with Crippen LogP contribution in [-0.4, -0.2) is 22.7 Å². The monoisotopic (exact) mass is 341 g/mol. The molecule has 1 aliphatic rings. The van der Waals surface area contributed by atoms with E-state index in [1.807, 2.05) is 32.9 Å². The minimum atomic E-state index is -0.787. The van der Waals surface area contributed by atoms with Gasteiger partial charge in [-0.05, 0) is 24.0 Å². The molecule has 4 nitrogen and oxygen atoms in total. The maximum Gasteiger partial charge on any atom is 0.307 e. The Bertz CT molecular complexity index is 537. The Balaban J connectivity index is 2.38. The number of phenolic OH excluding ortho intramolecular Hbond substituents is 1. The van der Waals surface area contributed by atoms with Crippen LogP contribution in [0.1, 0.15) is 44.4 Å². The van der Waals surface area contributed by atoms with Crippen LogP contribution in [0.4, 0.5) is 0 Å². The molecular weight excluding hydrogens is 322 g/mol. The van der Waals surface area contributed by atoms with Gasteiger partial charge >= 0.3 is 5.97 Å². The van der Waals surface area contributed by atoms with Gasteiger partial charge in [0.15, 0.2) is 0 Å². The van der Waals surface area contributed by atoms with Gasteiger partial charge in [-0.3, -0.25) is 4.79 Å². The zero-order valence-corrected chi connectivity index (χ0v) is 13.5. The van der Waals surface area contributed by atoms with E-state index in [1.54, 1.807) is 0 Å². The fourth-order valence-corrected chi connectivity index (χ4v) is 3.09. The Hall–Kier alpha value is -1.07. The fraction of sp³-hybridized carbons (Fsp3) is 0.533. The number of aromatic hydroxyl groups is 1. The highest BCUT2D eigenvalue weighted by atomic mass is 79.9. The van der Waals surface area contributed by atoms with E-state index in [2.05, 4.69) is 21.2 Å². The second kappa shape index (κ2) is 5.37. The summed E-state index contributed by atoms with van der Waals surface area (Å²) in [6, 6.07) is 3.67. The highest BCUT2D eigenvalue weighted by molar-refractivity contribution is 9.10. The Morgan fingerprint density at radius 3 is 2.55 bits per heavy atom. The quantitative estimate of drug-likeness (QED) is 0.772. The van der Waals surface area contributed by atoms with Crippen molar-refractivity contribution in [3.05, 3.63) is 27.7 Å². The maximum atomic E-state index is 11.0. The summed E-state index contributed by atoms with van der Waals surface area (Å²) in [7, 11) is 0. The van der Waals surface area contributed by atoms with E-state index in [0.717, 1.165) is 15.6 Å². The first-order valence-electron chi connectivity index (χ1n) is 6.69. The summed E-state index contributed by atoms with van der Waals surface area (Å²) in [5, 5.41) is 22.8. The molecule has 1 aromatic rings. The van der Waals surface area contributed by atoms with E-state index in [9.17, 15) is 9.90 Å². The van der Waals surface area contributed by atoms with Crippen LogP contribution < -0.4 is 5.32 Å². The van der Waals surface area contributed by atoms with E-state index in [-0.39, 0.29) is 17.2 Å². The topological polar surface area (TPSA) is 69.6 Å². The molecular formula is C15H20BrNO3. The molecule has 1 aliphatic heterocycles. The molecule has 5 heteroatoms. The molecule has 1 fully saturated rings. The van der Waals surface area contributed by atoms with Crippen LogP contribution in [0.15, 0.2) is 16.6 Å². The molecule has 3 N–H and O–H groups in total. The Morgan fingerprint density at radius 2 is 2.05 bits per heavy atom. The SMILES string of the molecule is CC(C)(C)c1cc(Br)cc(C2CC(C(=O)O)CN2)c1O. The third kappa shape index (κ3) is 2.99. The van der Waals surface area contributed by atoms with Crippen molar-refractivity contribution in [2.24, 2.45) is 5.92 Å². The molecule has 0 aromatic heterocycles. The second-order valence-electron chi connectivity index (χ2n) is 6.37. The average molecular weight is 342 g/mol. The van der Waals surface area contributed by atoms with Gasteiger partial charge in [0.05, 0.1) is 5.92 Å². The second-order valence-corrected chi connectivity index (χ2v) is 7.29. The molecule has 0 saturated carbocycles. The van der Waals surface area contributed by atoms with E-state index in [4.69, 9.17) is 5.11 Å². The number of hydrogen-bond acceptors (Lipinski definition) is 3. The van der Waals surface area contributed by atoms with Crippen LogP contribution in [0.5, 0.6) is 5.75 Å². The number of carboxylic acid groups (broad SMARTS) is 1.